The van der Waals surface area contributed by atoms with Crippen molar-refractivity contribution < 1.29 is 4.79 Å². The molecule has 1 heterocycles. The summed E-state index contributed by atoms with van der Waals surface area (Å²) in [4.78, 5) is 14.4. The minimum atomic E-state index is -0.222. The molecule has 3 nitrogen and oxygen atoms in total. The first kappa shape index (κ1) is 18.4. The summed E-state index contributed by atoms with van der Waals surface area (Å²) < 4.78 is 0. The third kappa shape index (κ3) is 3.53. The second-order valence-electron chi connectivity index (χ2n) is 9.43. The molecule has 6 rings (SSSR count). The van der Waals surface area contributed by atoms with Crippen LogP contribution >= 0.6 is 11.3 Å². The van der Waals surface area contributed by atoms with E-state index in [0.29, 0.717) is 0 Å². The van der Waals surface area contributed by atoms with Gasteiger partial charge in [0.2, 0.25) is 5.91 Å². The number of carbonyl (C=O) groups is 1. The minimum absolute atomic E-state index is 0.0540. The highest BCUT2D eigenvalue weighted by molar-refractivity contribution is 7.10. The first-order valence-corrected chi connectivity index (χ1v) is 11.6. The van der Waals surface area contributed by atoms with Gasteiger partial charge in [-0.25, -0.2) is 0 Å². The van der Waals surface area contributed by atoms with E-state index in [1.165, 1.54) is 49.0 Å². The van der Waals surface area contributed by atoms with Crippen molar-refractivity contribution in [2.45, 2.75) is 63.1 Å². The number of hydrogen-bond donors (Lipinski definition) is 2. The third-order valence-corrected chi connectivity index (χ3v) is 8.13. The van der Waals surface area contributed by atoms with Crippen LogP contribution in [-0.4, -0.2) is 17.5 Å². The SMILES string of the molecule is C[C@@H](N[C@H](c1ccccc1)c1cccs1)C(=O)NC12CC3CC(CC(C3)C1)C2. The third-order valence-electron chi connectivity index (χ3n) is 7.20. The monoisotopic (exact) mass is 394 g/mol. The zero-order valence-corrected chi connectivity index (χ0v) is 17.4. The molecule has 0 aliphatic heterocycles. The Hall–Kier alpha value is -1.65. The van der Waals surface area contributed by atoms with Gasteiger partial charge >= 0.3 is 0 Å². The van der Waals surface area contributed by atoms with Crippen LogP contribution < -0.4 is 10.6 Å². The van der Waals surface area contributed by atoms with E-state index >= 15 is 0 Å². The van der Waals surface area contributed by atoms with Crippen LogP contribution in [0.4, 0.5) is 0 Å². The molecule has 0 spiro atoms. The predicted molar refractivity (Wildman–Crippen MR) is 114 cm³/mol. The van der Waals surface area contributed by atoms with Crippen LogP contribution in [0.1, 0.15) is 61.9 Å². The number of thiophene rings is 1. The highest BCUT2D eigenvalue weighted by atomic mass is 32.1. The molecule has 0 radical (unpaired) electrons. The number of hydrogen-bond acceptors (Lipinski definition) is 3. The van der Waals surface area contributed by atoms with Crippen molar-refractivity contribution in [3.05, 3.63) is 58.3 Å². The molecular formula is C24H30N2OS. The lowest BCUT2D eigenvalue weighted by atomic mass is 9.53. The molecule has 0 saturated heterocycles. The Morgan fingerprint density at radius 3 is 2.21 bits per heavy atom. The molecule has 2 atom stereocenters. The van der Waals surface area contributed by atoms with Gasteiger partial charge in [0, 0.05) is 10.4 Å². The lowest BCUT2D eigenvalue weighted by molar-refractivity contribution is -0.128. The molecule has 1 aromatic carbocycles. The maximum atomic E-state index is 13.2. The Balaban J connectivity index is 1.30. The van der Waals surface area contributed by atoms with E-state index in [9.17, 15) is 4.79 Å². The molecule has 4 bridgehead atoms. The van der Waals surface area contributed by atoms with Crippen molar-refractivity contribution in [1.29, 1.82) is 0 Å². The average Bonchev–Trinajstić information content (AvgIpc) is 3.19. The van der Waals surface area contributed by atoms with Gasteiger partial charge < -0.3 is 5.32 Å². The Labute approximate surface area is 171 Å². The van der Waals surface area contributed by atoms with E-state index < -0.39 is 0 Å². The van der Waals surface area contributed by atoms with E-state index in [-0.39, 0.29) is 23.5 Å². The molecule has 4 fully saturated rings. The molecular weight excluding hydrogens is 364 g/mol. The van der Waals surface area contributed by atoms with Gasteiger partial charge in [0.05, 0.1) is 12.1 Å². The number of amides is 1. The fourth-order valence-corrected chi connectivity index (χ4v) is 7.21. The minimum Gasteiger partial charge on any atom is -0.349 e. The molecule has 148 valence electrons. The first-order valence-electron chi connectivity index (χ1n) is 10.8. The zero-order valence-electron chi connectivity index (χ0n) is 16.6. The number of benzene rings is 1. The van der Waals surface area contributed by atoms with Crippen molar-refractivity contribution in [1.82, 2.24) is 10.6 Å². The van der Waals surface area contributed by atoms with Crippen LogP contribution in [0.3, 0.4) is 0 Å². The molecule has 2 N–H and O–H groups in total. The fourth-order valence-electron chi connectivity index (χ4n) is 6.40. The topological polar surface area (TPSA) is 41.1 Å². The summed E-state index contributed by atoms with van der Waals surface area (Å²) in [5.41, 5.74) is 1.28. The summed E-state index contributed by atoms with van der Waals surface area (Å²) in [5.74, 6) is 2.70. The van der Waals surface area contributed by atoms with Gasteiger partial charge in [-0.05, 0) is 80.2 Å². The summed E-state index contributed by atoms with van der Waals surface area (Å²) in [6, 6.07) is 14.5. The van der Waals surface area contributed by atoms with Gasteiger partial charge in [-0.3, -0.25) is 10.1 Å². The van der Waals surface area contributed by atoms with Crippen LogP contribution in [0.5, 0.6) is 0 Å². The van der Waals surface area contributed by atoms with Gasteiger partial charge in [0.1, 0.15) is 0 Å². The van der Waals surface area contributed by atoms with Crippen LogP contribution in [-0.2, 0) is 4.79 Å². The van der Waals surface area contributed by atoms with Crippen molar-refractivity contribution in [3.63, 3.8) is 0 Å². The van der Waals surface area contributed by atoms with E-state index in [2.05, 4.69) is 52.4 Å². The van der Waals surface area contributed by atoms with E-state index in [1.54, 1.807) is 11.3 Å². The predicted octanol–water partition coefficient (Wildman–Crippen LogP) is 4.90. The van der Waals surface area contributed by atoms with Gasteiger partial charge in [-0.15, -0.1) is 11.3 Å². The molecule has 28 heavy (non-hydrogen) atoms. The maximum absolute atomic E-state index is 13.2. The van der Waals surface area contributed by atoms with Crippen molar-refractivity contribution in [2.75, 3.05) is 0 Å². The Bertz CT molecular complexity index is 781. The lowest BCUT2D eigenvalue weighted by Gasteiger charge is -2.57. The summed E-state index contributed by atoms with van der Waals surface area (Å²) >= 11 is 1.74. The van der Waals surface area contributed by atoms with Crippen LogP contribution in [0.25, 0.3) is 0 Å². The standard InChI is InChI=1S/C24H30N2OS/c1-16(25-22(21-8-5-9-28-21)20-6-3-2-4-7-20)23(27)26-24-13-17-10-18(14-24)12-19(11-17)15-24/h2-9,16-19,22,25H,10-15H2,1H3,(H,26,27)/t16-,17?,18?,19?,22-,24?/m1/s1. The van der Waals surface area contributed by atoms with Crippen LogP contribution in [0.15, 0.2) is 47.8 Å². The second-order valence-corrected chi connectivity index (χ2v) is 10.4. The van der Waals surface area contributed by atoms with Gasteiger partial charge in [-0.2, -0.15) is 0 Å². The summed E-state index contributed by atoms with van der Waals surface area (Å²) in [5, 5.41) is 9.25. The molecule has 1 amide bonds. The molecule has 1 aromatic heterocycles. The van der Waals surface area contributed by atoms with E-state index in [4.69, 9.17) is 0 Å². The Morgan fingerprint density at radius 2 is 1.64 bits per heavy atom. The molecule has 4 aliphatic rings. The molecule has 4 saturated carbocycles. The smallest absolute Gasteiger partial charge is 0.237 e. The number of carbonyl (C=O) groups excluding carboxylic acids is 1. The lowest BCUT2D eigenvalue weighted by Crippen LogP contribution is -2.62. The highest BCUT2D eigenvalue weighted by Gasteiger charge is 2.51. The van der Waals surface area contributed by atoms with E-state index in [0.717, 1.165) is 17.8 Å². The van der Waals surface area contributed by atoms with Gasteiger partial charge in [0.15, 0.2) is 0 Å². The van der Waals surface area contributed by atoms with Crippen LogP contribution in [0.2, 0.25) is 0 Å². The van der Waals surface area contributed by atoms with E-state index in [1.807, 2.05) is 13.0 Å². The average molecular weight is 395 g/mol. The largest absolute Gasteiger partial charge is 0.349 e. The van der Waals surface area contributed by atoms with Crippen LogP contribution in [0, 0.1) is 17.8 Å². The normalized spacial score (nSPS) is 32.8. The van der Waals surface area contributed by atoms with Gasteiger partial charge in [0.25, 0.3) is 0 Å². The molecule has 2 aromatic rings. The summed E-state index contributed by atoms with van der Waals surface area (Å²) in [6.07, 6.45) is 7.80. The second kappa shape index (κ2) is 7.31. The van der Waals surface area contributed by atoms with Crippen molar-refractivity contribution >= 4 is 17.2 Å². The number of rotatable bonds is 6. The zero-order chi connectivity index (χ0) is 19.1. The van der Waals surface area contributed by atoms with Gasteiger partial charge in [-0.1, -0.05) is 36.4 Å². The highest BCUT2D eigenvalue weighted by Crippen LogP contribution is 2.55. The molecule has 4 aliphatic carbocycles. The fraction of sp³-hybridized carbons (Fsp3) is 0.542. The summed E-state index contributed by atoms with van der Waals surface area (Å²) in [6.45, 7) is 2.01. The quantitative estimate of drug-likeness (QED) is 0.732. The number of nitrogens with one attached hydrogen (secondary N) is 2. The maximum Gasteiger partial charge on any atom is 0.237 e. The Morgan fingerprint density at radius 1 is 1.00 bits per heavy atom. The summed E-state index contributed by atoms with van der Waals surface area (Å²) in [7, 11) is 0. The first-order chi connectivity index (χ1) is 13.6. The Kier molecular flexibility index (Phi) is 4.80. The van der Waals surface area contributed by atoms with Crippen molar-refractivity contribution in [2.24, 2.45) is 17.8 Å². The van der Waals surface area contributed by atoms with Crippen molar-refractivity contribution in [3.8, 4) is 0 Å². The molecule has 0 unspecified atom stereocenters. The molecule has 4 heteroatoms.